The SMILES string of the molecule is CCOc1ccc2nc(NC3(C)CCS(=O)(=O)C3)sc2c1. The topological polar surface area (TPSA) is 68.3 Å². The number of aromatic nitrogens is 1. The smallest absolute Gasteiger partial charge is 0.184 e. The Labute approximate surface area is 128 Å². The number of fused-ring (bicyclic) bond motifs is 1. The summed E-state index contributed by atoms with van der Waals surface area (Å²) in [4.78, 5) is 4.53. The fourth-order valence-corrected chi connectivity index (χ4v) is 5.72. The molecule has 1 atom stereocenters. The molecule has 114 valence electrons. The van der Waals surface area contributed by atoms with Crippen LogP contribution in [0.1, 0.15) is 20.3 Å². The Kier molecular flexibility index (Phi) is 3.57. The number of anilines is 1. The highest BCUT2D eigenvalue weighted by atomic mass is 32.2. The minimum absolute atomic E-state index is 0.167. The Hall–Kier alpha value is -1.34. The molecule has 1 N–H and O–H groups in total. The van der Waals surface area contributed by atoms with Gasteiger partial charge in [0.05, 0.1) is 33.9 Å². The number of sulfone groups is 1. The van der Waals surface area contributed by atoms with E-state index in [4.69, 9.17) is 4.74 Å². The molecular weight excluding hydrogens is 308 g/mol. The first-order chi connectivity index (χ1) is 9.89. The second-order valence-corrected chi connectivity index (χ2v) is 8.82. The van der Waals surface area contributed by atoms with Crippen LogP contribution in [0.4, 0.5) is 5.13 Å². The maximum absolute atomic E-state index is 11.7. The maximum Gasteiger partial charge on any atom is 0.184 e. The standard InChI is InChI=1S/C14H18N2O3S2/c1-3-19-10-4-5-11-12(8-10)20-13(15-11)16-14(2)6-7-21(17,18)9-14/h4-5,8H,3,6-7,9H2,1-2H3,(H,15,16). The van der Waals surface area contributed by atoms with E-state index in [2.05, 4.69) is 10.3 Å². The van der Waals surface area contributed by atoms with Crippen LogP contribution in [0.15, 0.2) is 18.2 Å². The van der Waals surface area contributed by atoms with Gasteiger partial charge in [-0.15, -0.1) is 0 Å². The second-order valence-electron chi connectivity index (χ2n) is 5.61. The minimum atomic E-state index is -2.92. The molecule has 1 fully saturated rings. The summed E-state index contributed by atoms with van der Waals surface area (Å²) in [5, 5.41) is 4.06. The minimum Gasteiger partial charge on any atom is -0.494 e. The lowest BCUT2D eigenvalue weighted by molar-refractivity contribution is 0.341. The summed E-state index contributed by atoms with van der Waals surface area (Å²) in [6.07, 6.45) is 0.620. The monoisotopic (exact) mass is 326 g/mol. The van der Waals surface area contributed by atoms with Gasteiger partial charge < -0.3 is 10.1 Å². The number of benzene rings is 1. The van der Waals surface area contributed by atoms with Crippen LogP contribution in [0.2, 0.25) is 0 Å². The van der Waals surface area contributed by atoms with Crippen molar-refractivity contribution in [2.75, 3.05) is 23.4 Å². The van der Waals surface area contributed by atoms with Gasteiger partial charge in [-0.25, -0.2) is 13.4 Å². The van der Waals surface area contributed by atoms with E-state index in [-0.39, 0.29) is 11.5 Å². The highest BCUT2D eigenvalue weighted by Gasteiger charge is 2.38. The zero-order valence-electron chi connectivity index (χ0n) is 12.0. The van der Waals surface area contributed by atoms with E-state index in [0.29, 0.717) is 13.0 Å². The van der Waals surface area contributed by atoms with E-state index in [1.807, 2.05) is 32.0 Å². The lowest BCUT2D eigenvalue weighted by atomic mass is 10.0. The average molecular weight is 326 g/mol. The van der Waals surface area contributed by atoms with Gasteiger partial charge in [0.1, 0.15) is 5.75 Å². The van der Waals surface area contributed by atoms with Crippen LogP contribution in [0, 0.1) is 0 Å². The molecular formula is C14H18N2O3S2. The quantitative estimate of drug-likeness (QED) is 0.935. The van der Waals surface area contributed by atoms with Gasteiger partial charge in [-0.2, -0.15) is 0 Å². The van der Waals surface area contributed by atoms with Crippen LogP contribution in [-0.4, -0.2) is 37.1 Å². The summed E-state index contributed by atoms with van der Waals surface area (Å²) in [6.45, 7) is 4.52. The van der Waals surface area contributed by atoms with Crippen molar-refractivity contribution < 1.29 is 13.2 Å². The molecule has 5 nitrogen and oxygen atoms in total. The van der Waals surface area contributed by atoms with Gasteiger partial charge in [0.25, 0.3) is 0 Å². The number of thiazole rings is 1. The molecule has 0 radical (unpaired) electrons. The van der Waals surface area contributed by atoms with Crippen molar-refractivity contribution in [1.29, 1.82) is 0 Å². The molecule has 3 rings (SSSR count). The normalized spacial score (nSPS) is 24.3. The zero-order valence-corrected chi connectivity index (χ0v) is 13.7. The van der Waals surface area contributed by atoms with Crippen molar-refractivity contribution in [2.45, 2.75) is 25.8 Å². The van der Waals surface area contributed by atoms with Crippen molar-refractivity contribution in [1.82, 2.24) is 4.98 Å². The number of rotatable bonds is 4. The van der Waals surface area contributed by atoms with Crippen LogP contribution in [-0.2, 0) is 9.84 Å². The van der Waals surface area contributed by atoms with Crippen LogP contribution < -0.4 is 10.1 Å². The van der Waals surface area contributed by atoms with Gasteiger partial charge in [0.15, 0.2) is 15.0 Å². The molecule has 1 aromatic carbocycles. The molecule has 7 heteroatoms. The maximum atomic E-state index is 11.7. The van der Waals surface area contributed by atoms with E-state index < -0.39 is 15.4 Å². The first kappa shape index (κ1) is 14.6. The summed E-state index contributed by atoms with van der Waals surface area (Å²) < 4.78 is 29.8. The molecule has 0 spiro atoms. The fraction of sp³-hybridized carbons (Fsp3) is 0.500. The molecule has 0 aliphatic carbocycles. The van der Waals surface area contributed by atoms with Crippen LogP contribution in [0.5, 0.6) is 5.75 Å². The Balaban J connectivity index is 1.85. The summed E-state index contributed by atoms with van der Waals surface area (Å²) in [5.41, 5.74) is 0.477. The van der Waals surface area contributed by atoms with Crippen molar-refractivity contribution in [2.24, 2.45) is 0 Å². The molecule has 2 heterocycles. The largest absolute Gasteiger partial charge is 0.494 e. The van der Waals surface area contributed by atoms with Crippen LogP contribution in [0.25, 0.3) is 10.2 Å². The zero-order chi connectivity index (χ0) is 15.1. The van der Waals surface area contributed by atoms with Gasteiger partial charge in [-0.1, -0.05) is 11.3 Å². The van der Waals surface area contributed by atoms with Gasteiger partial charge in [0, 0.05) is 0 Å². The first-order valence-corrected chi connectivity index (χ1v) is 9.55. The molecule has 1 saturated heterocycles. The molecule has 1 aliphatic heterocycles. The van der Waals surface area contributed by atoms with E-state index >= 15 is 0 Å². The number of nitrogens with one attached hydrogen (secondary N) is 1. The molecule has 1 aliphatic rings. The van der Waals surface area contributed by atoms with E-state index in [0.717, 1.165) is 21.1 Å². The molecule has 1 aromatic heterocycles. The van der Waals surface area contributed by atoms with Crippen molar-refractivity contribution in [3.8, 4) is 5.75 Å². The van der Waals surface area contributed by atoms with Crippen LogP contribution >= 0.6 is 11.3 Å². The Morgan fingerprint density at radius 1 is 1.48 bits per heavy atom. The third-order valence-electron chi connectivity index (χ3n) is 3.58. The molecule has 0 amide bonds. The summed E-state index contributed by atoms with van der Waals surface area (Å²) in [6, 6.07) is 5.79. The summed E-state index contributed by atoms with van der Waals surface area (Å²) >= 11 is 1.53. The number of hydrogen-bond donors (Lipinski definition) is 1. The number of ether oxygens (including phenoxy) is 1. The Bertz CT molecular complexity index is 770. The summed E-state index contributed by atoms with van der Waals surface area (Å²) in [5.74, 6) is 1.24. The Morgan fingerprint density at radius 3 is 2.95 bits per heavy atom. The van der Waals surface area contributed by atoms with Gasteiger partial charge >= 0.3 is 0 Å². The lowest BCUT2D eigenvalue weighted by Crippen LogP contribution is -2.35. The van der Waals surface area contributed by atoms with E-state index in [1.54, 1.807) is 0 Å². The van der Waals surface area contributed by atoms with Crippen molar-refractivity contribution in [3.63, 3.8) is 0 Å². The van der Waals surface area contributed by atoms with Crippen molar-refractivity contribution in [3.05, 3.63) is 18.2 Å². The molecule has 0 bridgehead atoms. The molecule has 2 aromatic rings. The number of hydrogen-bond acceptors (Lipinski definition) is 6. The predicted molar refractivity (Wildman–Crippen MR) is 86.1 cm³/mol. The van der Waals surface area contributed by atoms with Crippen LogP contribution in [0.3, 0.4) is 0 Å². The second kappa shape index (κ2) is 5.14. The first-order valence-electron chi connectivity index (χ1n) is 6.91. The highest BCUT2D eigenvalue weighted by Crippen LogP contribution is 2.33. The molecule has 1 unspecified atom stereocenters. The van der Waals surface area contributed by atoms with Gasteiger partial charge in [-0.3, -0.25) is 0 Å². The fourth-order valence-electron chi connectivity index (χ4n) is 2.58. The molecule has 0 saturated carbocycles. The summed E-state index contributed by atoms with van der Waals surface area (Å²) in [7, 11) is -2.92. The Morgan fingerprint density at radius 2 is 2.29 bits per heavy atom. The van der Waals surface area contributed by atoms with E-state index in [9.17, 15) is 8.42 Å². The average Bonchev–Trinajstić information content (AvgIpc) is 2.89. The number of nitrogens with zero attached hydrogens (tertiary/aromatic N) is 1. The third kappa shape index (κ3) is 3.13. The highest BCUT2D eigenvalue weighted by molar-refractivity contribution is 7.91. The third-order valence-corrected chi connectivity index (χ3v) is 6.42. The van der Waals surface area contributed by atoms with E-state index in [1.165, 1.54) is 11.3 Å². The molecule has 21 heavy (non-hydrogen) atoms. The van der Waals surface area contributed by atoms with Gasteiger partial charge in [0.2, 0.25) is 0 Å². The predicted octanol–water partition coefficient (Wildman–Crippen LogP) is 2.68. The van der Waals surface area contributed by atoms with Gasteiger partial charge in [-0.05, 0) is 38.5 Å². The lowest BCUT2D eigenvalue weighted by Gasteiger charge is -2.23. The van der Waals surface area contributed by atoms with Crippen molar-refractivity contribution >= 4 is 36.5 Å².